The second-order valence-electron chi connectivity index (χ2n) is 6.96. The first kappa shape index (κ1) is 19.9. The van der Waals surface area contributed by atoms with E-state index >= 15 is 0 Å². The second-order valence-corrected chi connectivity index (χ2v) is 6.96. The summed E-state index contributed by atoms with van der Waals surface area (Å²) in [5.74, 6) is -0.912. The highest BCUT2D eigenvalue weighted by atomic mass is 16.1. The molecule has 10 heteroatoms. The van der Waals surface area contributed by atoms with Crippen molar-refractivity contribution in [1.82, 2.24) is 20.2 Å². The Morgan fingerprint density at radius 2 is 1.93 bits per heavy atom. The predicted molar refractivity (Wildman–Crippen MR) is 109 cm³/mol. The second kappa shape index (κ2) is 8.46. The molecule has 0 radical (unpaired) electrons. The average molecular weight is 394 g/mol. The molecule has 6 N–H and O–H groups in total. The molecular formula is C19H22N8O2. The first-order chi connectivity index (χ1) is 13.8. The number of nitrogens with two attached hydrogens (primary N) is 2. The van der Waals surface area contributed by atoms with Crippen LogP contribution in [0.5, 0.6) is 0 Å². The predicted octanol–water partition coefficient (Wildman–Crippen LogP) is 1.57. The number of anilines is 3. The van der Waals surface area contributed by atoms with Crippen molar-refractivity contribution in [3.63, 3.8) is 0 Å². The van der Waals surface area contributed by atoms with Crippen molar-refractivity contribution >= 4 is 40.2 Å². The van der Waals surface area contributed by atoms with Gasteiger partial charge in [0, 0.05) is 17.3 Å². The smallest absolute Gasteiger partial charge is 0.273 e. The van der Waals surface area contributed by atoms with Crippen LogP contribution in [0.1, 0.15) is 30.8 Å². The summed E-state index contributed by atoms with van der Waals surface area (Å²) in [6.07, 6.45) is 2.20. The van der Waals surface area contributed by atoms with Gasteiger partial charge in [0.1, 0.15) is 6.04 Å². The van der Waals surface area contributed by atoms with E-state index in [0.717, 1.165) is 10.9 Å². The number of amides is 2. The van der Waals surface area contributed by atoms with Gasteiger partial charge < -0.3 is 22.1 Å². The van der Waals surface area contributed by atoms with Crippen LogP contribution in [0.2, 0.25) is 0 Å². The molecule has 2 heterocycles. The van der Waals surface area contributed by atoms with Gasteiger partial charge in [-0.1, -0.05) is 19.9 Å². The lowest BCUT2D eigenvalue weighted by Crippen LogP contribution is -2.37. The van der Waals surface area contributed by atoms with Crippen LogP contribution >= 0.6 is 0 Å². The Kier molecular flexibility index (Phi) is 5.82. The Bertz CT molecular complexity index is 1050. The molecule has 0 spiro atoms. The van der Waals surface area contributed by atoms with E-state index in [1.807, 2.05) is 38.1 Å². The van der Waals surface area contributed by atoms with Gasteiger partial charge >= 0.3 is 0 Å². The van der Waals surface area contributed by atoms with Gasteiger partial charge in [-0.05, 0) is 36.6 Å². The number of nitrogens with one attached hydrogen (secondary N) is 2. The van der Waals surface area contributed by atoms with E-state index in [4.69, 9.17) is 11.5 Å². The number of carbonyl (C=O) groups is 2. The number of fused-ring (bicyclic) bond motifs is 1. The molecule has 150 valence electrons. The number of nitrogens with zero attached hydrogens (tertiary/aromatic N) is 4. The van der Waals surface area contributed by atoms with Gasteiger partial charge in [0.2, 0.25) is 11.9 Å². The molecule has 2 aromatic heterocycles. The van der Waals surface area contributed by atoms with Crippen LogP contribution in [-0.2, 0) is 4.79 Å². The fourth-order valence-corrected chi connectivity index (χ4v) is 2.80. The van der Waals surface area contributed by atoms with E-state index < -0.39 is 17.9 Å². The van der Waals surface area contributed by atoms with Gasteiger partial charge in [-0.2, -0.15) is 4.98 Å². The Morgan fingerprint density at radius 1 is 1.14 bits per heavy atom. The number of rotatable bonds is 8. The summed E-state index contributed by atoms with van der Waals surface area (Å²) < 4.78 is 0. The van der Waals surface area contributed by atoms with Crippen LogP contribution in [0.25, 0.3) is 10.9 Å². The van der Waals surface area contributed by atoms with E-state index in [0.29, 0.717) is 12.1 Å². The summed E-state index contributed by atoms with van der Waals surface area (Å²) in [5, 5.41) is 14.5. The maximum atomic E-state index is 11.7. The summed E-state index contributed by atoms with van der Waals surface area (Å²) in [6, 6.07) is 8.55. The zero-order valence-electron chi connectivity index (χ0n) is 16.1. The van der Waals surface area contributed by atoms with Crippen molar-refractivity contribution in [2.24, 2.45) is 17.4 Å². The molecular weight excluding hydrogens is 372 g/mol. The zero-order valence-corrected chi connectivity index (χ0v) is 16.1. The van der Waals surface area contributed by atoms with Gasteiger partial charge in [0.15, 0.2) is 11.5 Å². The van der Waals surface area contributed by atoms with E-state index in [1.165, 1.54) is 0 Å². The quantitative estimate of drug-likeness (QED) is 0.447. The van der Waals surface area contributed by atoms with Gasteiger partial charge in [0.05, 0.1) is 5.52 Å². The molecule has 3 rings (SSSR count). The Labute approximate surface area is 167 Å². The minimum atomic E-state index is -0.782. The normalized spacial score (nSPS) is 12.0. The SMILES string of the molecule is CC(C)C[C@@H](Nc1nnc(C(N)=O)c(Nc2ccc3ncccc3c2)n1)C(N)=O. The fraction of sp³-hybridized carbons (Fsp3) is 0.263. The van der Waals surface area contributed by atoms with Crippen molar-refractivity contribution in [3.05, 3.63) is 42.2 Å². The zero-order chi connectivity index (χ0) is 21.0. The minimum Gasteiger partial charge on any atom is -0.368 e. The van der Waals surface area contributed by atoms with Gasteiger partial charge in [-0.3, -0.25) is 14.6 Å². The van der Waals surface area contributed by atoms with Gasteiger partial charge in [0.25, 0.3) is 5.91 Å². The standard InChI is InChI=1S/C19H22N8O2/c1-10(2)8-14(16(20)28)24-19-25-18(15(17(21)29)26-27-19)23-12-5-6-13-11(9-12)4-3-7-22-13/h3-7,9-10,14H,8H2,1-2H3,(H2,20,28)(H2,21,29)(H2,23,24,25,27)/t14-/m1/s1. The van der Waals surface area contributed by atoms with Crippen molar-refractivity contribution < 1.29 is 9.59 Å². The summed E-state index contributed by atoms with van der Waals surface area (Å²) in [7, 11) is 0. The van der Waals surface area contributed by atoms with Crippen LogP contribution in [0.3, 0.4) is 0 Å². The lowest BCUT2D eigenvalue weighted by Gasteiger charge is -2.17. The number of primary amides is 2. The molecule has 1 aromatic carbocycles. The van der Waals surface area contributed by atoms with Crippen LogP contribution in [-0.4, -0.2) is 38.0 Å². The van der Waals surface area contributed by atoms with E-state index in [1.54, 1.807) is 12.3 Å². The highest BCUT2D eigenvalue weighted by Crippen LogP contribution is 2.22. The summed E-state index contributed by atoms with van der Waals surface area (Å²) in [4.78, 5) is 32.0. The van der Waals surface area contributed by atoms with Crippen molar-refractivity contribution in [1.29, 1.82) is 0 Å². The molecule has 2 amide bonds. The molecule has 0 saturated heterocycles. The number of aromatic nitrogens is 4. The number of benzene rings is 1. The Morgan fingerprint density at radius 3 is 2.62 bits per heavy atom. The highest BCUT2D eigenvalue weighted by molar-refractivity contribution is 5.96. The largest absolute Gasteiger partial charge is 0.368 e. The Hall–Kier alpha value is -3.82. The van der Waals surface area contributed by atoms with E-state index in [-0.39, 0.29) is 23.4 Å². The summed E-state index contributed by atoms with van der Waals surface area (Å²) in [5.41, 5.74) is 12.2. The maximum absolute atomic E-state index is 11.7. The fourth-order valence-electron chi connectivity index (χ4n) is 2.80. The number of carbonyl (C=O) groups excluding carboxylic acids is 2. The molecule has 29 heavy (non-hydrogen) atoms. The third-order valence-corrected chi connectivity index (χ3v) is 4.14. The topological polar surface area (TPSA) is 162 Å². The molecule has 0 aliphatic carbocycles. The van der Waals surface area contributed by atoms with E-state index in [2.05, 4.69) is 30.8 Å². The number of hydrogen-bond acceptors (Lipinski definition) is 8. The summed E-state index contributed by atoms with van der Waals surface area (Å²) >= 11 is 0. The van der Waals surface area contributed by atoms with Crippen LogP contribution in [0.4, 0.5) is 17.5 Å². The molecule has 3 aromatic rings. The molecule has 1 atom stereocenters. The Balaban J connectivity index is 1.91. The van der Waals surface area contributed by atoms with Crippen molar-refractivity contribution in [2.45, 2.75) is 26.3 Å². The van der Waals surface area contributed by atoms with E-state index in [9.17, 15) is 9.59 Å². The van der Waals surface area contributed by atoms with Crippen LogP contribution in [0, 0.1) is 5.92 Å². The molecule has 0 bridgehead atoms. The van der Waals surface area contributed by atoms with Crippen molar-refractivity contribution in [2.75, 3.05) is 10.6 Å². The monoisotopic (exact) mass is 394 g/mol. The van der Waals surface area contributed by atoms with Crippen LogP contribution < -0.4 is 22.1 Å². The molecule has 10 nitrogen and oxygen atoms in total. The maximum Gasteiger partial charge on any atom is 0.273 e. The average Bonchev–Trinajstić information content (AvgIpc) is 2.67. The third-order valence-electron chi connectivity index (χ3n) is 4.14. The first-order valence-corrected chi connectivity index (χ1v) is 9.05. The molecule has 0 unspecified atom stereocenters. The summed E-state index contributed by atoms with van der Waals surface area (Å²) in [6.45, 7) is 3.93. The first-order valence-electron chi connectivity index (χ1n) is 9.05. The lowest BCUT2D eigenvalue weighted by molar-refractivity contribution is -0.119. The van der Waals surface area contributed by atoms with Crippen molar-refractivity contribution in [3.8, 4) is 0 Å². The molecule has 0 fully saturated rings. The highest BCUT2D eigenvalue weighted by Gasteiger charge is 2.20. The number of hydrogen-bond donors (Lipinski definition) is 4. The molecule has 0 aliphatic heterocycles. The lowest BCUT2D eigenvalue weighted by atomic mass is 10.0. The minimum absolute atomic E-state index is 0.0596. The van der Waals surface area contributed by atoms with Gasteiger partial charge in [-0.25, -0.2) is 0 Å². The number of pyridine rings is 1. The molecule has 0 aliphatic rings. The molecule has 0 saturated carbocycles. The third kappa shape index (κ3) is 4.92. The van der Waals surface area contributed by atoms with Crippen LogP contribution in [0.15, 0.2) is 36.5 Å². The van der Waals surface area contributed by atoms with Gasteiger partial charge in [-0.15, -0.1) is 10.2 Å².